The summed E-state index contributed by atoms with van der Waals surface area (Å²) in [6.45, 7) is 0.854. The van der Waals surface area contributed by atoms with Crippen LogP contribution < -0.4 is 0 Å². The maximum atomic E-state index is 5.83. The zero-order chi connectivity index (χ0) is 11.9. The maximum absolute atomic E-state index is 5.83. The topological polar surface area (TPSA) is 27.1 Å². The third-order valence-electron chi connectivity index (χ3n) is 3.62. The molecule has 0 bridgehead atoms. The average molecular weight is 258 g/mol. The minimum Gasteiger partial charge on any atom is -0.356 e. The minimum atomic E-state index is 0.119. The van der Waals surface area contributed by atoms with Gasteiger partial charge >= 0.3 is 0 Å². The number of hydrogen-bond acceptors (Lipinski definition) is 3. The standard InChI is InChI=1S/C14H14N2OS/c1-2-7-17-13(3-1)16-12-5-4-10-6-8-18-14(10)11(12)9-15-16/h4-6,8-9,13H,1-3,7H2. The number of fused-ring (bicyclic) bond motifs is 3. The number of thiophene rings is 1. The van der Waals surface area contributed by atoms with E-state index in [1.54, 1.807) is 11.3 Å². The summed E-state index contributed by atoms with van der Waals surface area (Å²) >= 11 is 1.78. The van der Waals surface area contributed by atoms with Gasteiger partial charge in [0.15, 0.2) is 6.23 Å². The Morgan fingerprint density at radius 3 is 3.17 bits per heavy atom. The van der Waals surface area contributed by atoms with Crippen molar-refractivity contribution in [2.24, 2.45) is 0 Å². The monoisotopic (exact) mass is 258 g/mol. The molecule has 0 aliphatic carbocycles. The molecular formula is C14H14N2OS. The number of aromatic nitrogens is 2. The third kappa shape index (κ3) is 1.49. The maximum Gasteiger partial charge on any atom is 0.150 e. The first-order valence-corrected chi connectivity index (χ1v) is 7.26. The van der Waals surface area contributed by atoms with E-state index in [4.69, 9.17) is 4.74 Å². The highest BCUT2D eigenvalue weighted by molar-refractivity contribution is 7.18. The van der Waals surface area contributed by atoms with Crippen LogP contribution in [0.2, 0.25) is 0 Å². The molecule has 2 aromatic heterocycles. The van der Waals surface area contributed by atoms with Crippen molar-refractivity contribution in [1.29, 1.82) is 0 Å². The Balaban J connectivity index is 1.90. The van der Waals surface area contributed by atoms with Crippen molar-refractivity contribution in [3.63, 3.8) is 0 Å². The molecular weight excluding hydrogens is 244 g/mol. The largest absolute Gasteiger partial charge is 0.356 e. The average Bonchev–Trinajstić information content (AvgIpc) is 3.05. The lowest BCUT2D eigenvalue weighted by atomic mass is 10.1. The summed E-state index contributed by atoms with van der Waals surface area (Å²) in [5.41, 5.74) is 1.19. The van der Waals surface area contributed by atoms with E-state index in [2.05, 4.69) is 28.7 Å². The number of hydrogen-bond donors (Lipinski definition) is 0. The van der Waals surface area contributed by atoms with Gasteiger partial charge < -0.3 is 4.74 Å². The van der Waals surface area contributed by atoms with Gasteiger partial charge in [0.1, 0.15) is 0 Å². The lowest BCUT2D eigenvalue weighted by Crippen LogP contribution is -2.18. The first-order valence-electron chi connectivity index (χ1n) is 6.38. The van der Waals surface area contributed by atoms with Gasteiger partial charge in [0, 0.05) is 16.7 Å². The molecule has 3 nitrogen and oxygen atoms in total. The fraction of sp³-hybridized carbons (Fsp3) is 0.357. The van der Waals surface area contributed by atoms with Crippen molar-refractivity contribution >= 4 is 32.3 Å². The van der Waals surface area contributed by atoms with Crippen LogP contribution >= 0.6 is 11.3 Å². The van der Waals surface area contributed by atoms with Crippen molar-refractivity contribution in [3.8, 4) is 0 Å². The van der Waals surface area contributed by atoms with Crippen LogP contribution in [0.15, 0.2) is 29.8 Å². The van der Waals surface area contributed by atoms with Crippen LogP contribution in [0.5, 0.6) is 0 Å². The van der Waals surface area contributed by atoms with Gasteiger partial charge in [-0.1, -0.05) is 6.07 Å². The summed E-state index contributed by atoms with van der Waals surface area (Å²) in [6.07, 6.45) is 5.57. The Morgan fingerprint density at radius 2 is 2.28 bits per heavy atom. The molecule has 92 valence electrons. The van der Waals surface area contributed by atoms with E-state index in [0.29, 0.717) is 0 Å². The number of rotatable bonds is 1. The fourth-order valence-corrected chi connectivity index (χ4v) is 3.60. The van der Waals surface area contributed by atoms with E-state index < -0.39 is 0 Å². The highest BCUT2D eigenvalue weighted by atomic mass is 32.1. The predicted molar refractivity (Wildman–Crippen MR) is 74.0 cm³/mol. The second-order valence-corrected chi connectivity index (χ2v) is 5.66. The molecule has 1 saturated heterocycles. The van der Waals surface area contributed by atoms with Gasteiger partial charge in [-0.25, -0.2) is 4.68 Å². The first kappa shape index (κ1) is 10.5. The van der Waals surface area contributed by atoms with Gasteiger partial charge in [-0.3, -0.25) is 0 Å². The van der Waals surface area contributed by atoms with Gasteiger partial charge in [-0.05, 0) is 42.2 Å². The summed E-state index contributed by atoms with van der Waals surface area (Å²) in [7, 11) is 0. The SMILES string of the molecule is c1cc2ccc3c(cnn3C3CCCCO3)c2s1. The van der Waals surface area contributed by atoms with Gasteiger partial charge in [0.25, 0.3) is 0 Å². The highest BCUT2D eigenvalue weighted by Crippen LogP contribution is 2.32. The van der Waals surface area contributed by atoms with E-state index in [9.17, 15) is 0 Å². The molecule has 4 heteroatoms. The molecule has 1 aliphatic rings. The van der Waals surface area contributed by atoms with E-state index in [1.807, 2.05) is 10.9 Å². The Morgan fingerprint density at radius 1 is 1.28 bits per heavy atom. The van der Waals surface area contributed by atoms with Crippen LogP contribution in [-0.2, 0) is 4.74 Å². The van der Waals surface area contributed by atoms with Crippen LogP contribution in [0, 0.1) is 0 Å². The lowest BCUT2D eigenvalue weighted by molar-refractivity contribution is -0.0366. The van der Waals surface area contributed by atoms with Crippen molar-refractivity contribution in [3.05, 3.63) is 29.8 Å². The molecule has 1 atom stereocenters. The zero-order valence-electron chi connectivity index (χ0n) is 10.0. The molecule has 18 heavy (non-hydrogen) atoms. The van der Waals surface area contributed by atoms with Crippen molar-refractivity contribution in [1.82, 2.24) is 9.78 Å². The lowest BCUT2D eigenvalue weighted by Gasteiger charge is -2.23. The van der Waals surface area contributed by atoms with Gasteiger partial charge in [-0.15, -0.1) is 11.3 Å². The van der Waals surface area contributed by atoms with Gasteiger partial charge in [0.05, 0.1) is 11.7 Å². The third-order valence-corrected chi connectivity index (χ3v) is 4.59. The van der Waals surface area contributed by atoms with Crippen molar-refractivity contribution in [2.45, 2.75) is 25.5 Å². The Bertz CT molecular complexity index is 694. The fourth-order valence-electron chi connectivity index (χ4n) is 2.70. The Hall–Kier alpha value is -1.39. The van der Waals surface area contributed by atoms with E-state index in [1.165, 1.54) is 33.8 Å². The van der Waals surface area contributed by atoms with E-state index in [-0.39, 0.29) is 6.23 Å². The quantitative estimate of drug-likeness (QED) is 0.661. The van der Waals surface area contributed by atoms with Gasteiger partial charge in [-0.2, -0.15) is 5.10 Å². The zero-order valence-corrected chi connectivity index (χ0v) is 10.8. The van der Waals surface area contributed by atoms with E-state index in [0.717, 1.165) is 13.0 Å². The predicted octanol–water partition coefficient (Wildman–Crippen LogP) is 3.95. The van der Waals surface area contributed by atoms with Crippen LogP contribution in [0.4, 0.5) is 0 Å². The molecule has 1 aliphatic heterocycles. The second-order valence-electron chi connectivity index (χ2n) is 4.75. The molecule has 0 saturated carbocycles. The highest BCUT2D eigenvalue weighted by Gasteiger charge is 2.19. The van der Waals surface area contributed by atoms with Crippen molar-refractivity contribution in [2.75, 3.05) is 6.61 Å². The molecule has 1 unspecified atom stereocenters. The Kier molecular flexibility index (Phi) is 2.38. The van der Waals surface area contributed by atoms with Gasteiger partial charge in [0.2, 0.25) is 0 Å². The molecule has 3 heterocycles. The number of benzene rings is 1. The van der Waals surface area contributed by atoms with Crippen molar-refractivity contribution < 1.29 is 4.74 Å². The molecule has 0 radical (unpaired) electrons. The smallest absolute Gasteiger partial charge is 0.150 e. The molecule has 4 rings (SSSR count). The van der Waals surface area contributed by atoms with Crippen LogP contribution in [0.1, 0.15) is 25.5 Å². The summed E-state index contributed by atoms with van der Waals surface area (Å²) in [5, 5.41) is 9.23. The summed E-state index contributed by atoms with van der Waals surface area (Å²) < 4.78 is 9.21. The minimum absolute atomic E-state index is 0.119. The molecule has 1 aromatic carbocycles. The Labute approximate surface area is 109 Å². The van der Waals surface area contributed by atoms with E-state index >= 15 is 0 Å². The normalized spacial score (nSPS) is 20.8. The summed E-state index contributed by atoms with van der Waals surface area (Å²) in [6, 6.07) is 6.50. The number of nitrogens with zero attached hydrogens (tertiary/aromatic N) is 2. The molecule has 0 N–H and O–H groups in total. The summed E-state index contributed by atoms with van der Waals surface area (Å²) in [5.74, 6) is 0. The number of ether oxygens (including phenoxy) is 1. The molecule has 3 aromatic rings. The van der Waals surface area contributed by atoms with Crippen LogP contribution in [-0.4, -0.2) is 16.4 Å². The second kappa shape index (κ2) is 4.07. The molecule has 0 amide bonds. The van der Waals surface area contributed by atoms with Crippen LogP contribution in [0.3, 0.4) is 0 Å². The molecule has 1 fully saturated rings. The summed E-state index contributed by atoms with van der Waals surface area (Å²) in [4.78, 5) is 0. The molecule has 0 spiro atoms. The van der Waals surface area contributed by atoms with Crippen LogP contribution in [0.25, 0.3) is 21.0 Å². The first-order chi connectivity index (χ1) is 8.93.